The lowest BCUT2D eigenvalue weighted by molar-refractivity contribution is 0.462. The normalized spacial score (nSPS) is 13.0. The van der Waals surface area contributed by atoms with Gasteiger partial charge in [-0.2, -0.15) is 0 Å². The van der Waals surface area contributed by atoms with Crippen LogP contribution < -0.4 is 0 Å². The molecule has 2 atom stereocenters. The smallest absolute Gasteiger partial charge is 0.119 e. The van der Waals surface area contributed by atoms with E-state index in [9.17, 15) is 10.2 Å². The molecule has 0 radical (unpaired) electrons. The summed E-state index contributed by atoms with van der Waals surface area (Å²) in [5.74, 6) is 0.951. The maximum Gasteiger partial charge on any atom is 0.119 e. The molecule has 0 heterocycles. The van der Waals surface area contributed by atoms with Crippen LogP contribution in [0.4, 0.5) is 0 Å². The summed E-state index contributed by atoms with van der Waals surface area (Å²) in [7, 11) is 0. The number of hydrogen-bond donors (Lipinski definition) is 2. The molecule has 0 bridgehead atoms. The van der Waals surface area contributed by atoms with E-state index in [2.05, 4.69) is 50.2 Å². The zero-order valence-electron chi connectivity index (χ0n) is 18.0. The van der Waals surface area contributed by atoms with E-state index in [0.717, 1.165) is 22.3 Å². The first-order chi connectivity index (χ1) is 15.0. The van der Waals surface area contributed by atoms with Crippen molar-refractivity contribution in [3.63, 3.8) is 0 Å². The summed E-state index contributed by atoms with van der Waals surface area (Å²) < 4.78 is 0. The molecule has 0 aliphatic rings. The SMILES string of the molecule is CC(c1ccccc1)c1ccc(O)c(Cc2cc(C(C)c3ccccc3)ccc2O)c1. The van der Waals surface area contributed by atoms with Gasteiger partial charge in [0.05, 0.1) is 0 Å². The van der Waals surface area contributed by atoms with Crippen LogP contribution in [0.2, 0.25) is 0 Å². The third kappa shape index (κ3) is 4.64. The lowest BCUT2D eigenvalue weighted by Gasteiger charge is -2.17. The van der Waals surface area contributed by atoms with Gasteiger partial charge in [-0.3, -0.25) is 0 Å². The number of phenolic OH excluding ortho intramolecular Hbond substituents is 2. The Morgan fingerprint density at radius 1 is 0.516 bits per heavy atom. The molecule has 2 unspecified atom stereocenters. The van der Waals surface area contributed by atoms with Crippen molar-refractivity contribution in [3.8, 4) is 11.5 Å². The molecule has 4 aromatic carbocycles. The summed E-state index contributed by atoms with van der Waals surface area (Å²) in [6.45, 7) is 4.34. The summed E-state index contributed by atoms with van der Waals surface area (Å²) in [4.78, 5) is 0. The number of benzene rings is 4. The lowest BCUT2D eigenvalue weighted by Crippen LogP contribution is -2.00. The van der Waals surface area contributed by atoms with E-state index in [-0.39, 0.29) is 23.3 Å². The predicted octanol–water partition coefficient (Wildman–Crippen LogP) is 6.99. The monoisotopic (exact) mass is 408 g/mol. The Morgan fingerprint density at radius 3 is 1.29 bits per heavy atom. The standard InChI is InChI=1S/C29H28O2/c1-20(22-9-5-3-6-10-22)24-13-15-28(30)26(17-24)19-27-18-25(14-16-29(27)31)21(2)23-11-7-4-8-12-23/h3-18,20-21,30-31H,19H2,1-2H3. The lowest BCUT2D eigenvalue weighted by atomic mass is 9.89. The third-order valence-electron chi connectivity index (χ3n) is 6.19. The highest BCUT2D eigenvalue weighted by Crippen LogP contribution is 2.33. The van der Waals surface area contributed by atoms with Crippen LogP contribution in [0.25, 0.3) is 0 Å². The van der Waals surface area contributed by atoms with Crippen LogP contribution in [0.15, 0.2) is 97.1 Å². The van der Waals surface area contributed by atoms with E-state index in [1.165, 1.54) is 11.1 Å². The average Bonchev–Trinajstić information content (AvgIpc) is 2.82. The summed E-state index contributed by atoms with van der Waals surface area (Å²) in [5.41, 5.74) is 6.40. The van der Waals surface area contributed by atoms with Gasteiger partial charge in [0, 0.05) is 18.3 Å². The summed E-state index contributed by atoms with van der Waals surface area (Å²) in [5, 5.41) is 21.0. The molecule has 2 heteroatoms. The van der Waals surface area contributed by atoms with Gasteiger partial charge in [-0.15, -0.1) is 0 Å². The Labute approximate surface area is 184 Å². The minimum Gasteiger partial charge on any atom is -0.508 e. The quantitative estimate of drug-likeness (QED) is 0.361. The molecule has 2 nitrogen and oxygen atoms in total. The van der Waals surface area contributed by atoms with E-state index in [1.807, 2.05) is 48.5 Å². The first kappa shape index (κ1) is 20.7. The van der Waals surface area contributed by atoms with Gasteiger partial charge in [0.2, 0.25) is 0 Å². The van der Waals surface area contributed by atoms with E-state index < -0.39 is 0 Å². The molecule has 0 saturated heterocycles. The molecule has 0 fully saturated rings. The van der Waals surface area contributed by atoms with Crippen molar-refractivity contribution in [1.82, 2.24) is 0 Å². The predicted molar refractivity (Wildman–Crippen MR) is 127 cm³/mol. The summed E-state index contributed by atoms with van der Waals surface area (Å²) in [6.07, 6.45) is 0.475. The molecule has 0 amide bonds. The van der Waals surface area contributed by atoms with Gasteiger partial charge in [0.15, 0.2) is 0 Å². The maximum atomic E-state index is 10.5. The van der Waals surface area contributed by atoms with Crippen LogP contribution in [0.1, 0.15) is 59.1 Å². The molecule has 4 rings (SSSR count). The van der Waals surface area contributed by atoms with Gasteiger partial charge in [0.25, 0.3) is 0 Å². The Kier molecular flexibility index (Phi) is 6.08. The summed E-state index contributed by atoms with van der Waals surface area (Å²) in [6, 6.07) is 32.3. The van der Waals surface area contributed by atoms with Crippen LogP contribution in [0.3, 0.4) is 0 Å². The van der Waals surface area contributed by atoms with E-state index in [4.69, 9.17) is 0 Å². The van der Waals surface area contributed by atoms with E-state index >= 15 is 0 Å². The highest BCUT2D eigenvalue weighted by molar-refractivity contribution is 5.47. The number of phenols is 2. The molecule has 0 aliphatic carbocycles. The molecule has 0 spiro atoms. The van der Waals surface area contributed by atoms with Gasteiger partial charge in [-0.05, 0) is 45.5 Å². The second-order valence-corrected chi connectivity index (χ2v) is 8.22. The fraction of sp³-hybridized carbons (Fsp3) is 0.172. The fourth-order valence-corrected chi connectivity index (χ4v) is 4.11. The van der Waals surface area contributed by atoms with E-state index in [1.54, 1.807) is 12.1 Å². The van der Waals surface area contributed by atoms with Crippen LogP contribution in [0, 0.1) is 0 Å². The van der Waals surface area contributed by atoms with E-state index in [0.29, 0.717) is 6.42 Å². The van der Waals surface area contributed by atoms with Crippen molar-refractivity contribution in [2.45, 2.75) is 32.1 Å². The maximum absolute atomic E-state index is 10.5. The molecule has 0 aliphatic heterocycles. The first-order valence-electron chi connectivity index (χ1n) is 10.8. The topological polar surface area (TPSA) is 40.5 Å². The zero-order valence-corrected chi connectivity index (χ0v) is 18.0. The molecule has 31 heavy (non-hydrogen) atoms. The molecular formula is C29H28O2. The number of hydrogen-bond acceptors (Lipinski definition) is 2. The molecular weight excluding hydrogens is 380 g/mol. The molecule has 156 valence electrons. The largest absolute Gasteiger partial charge is 0.508 e. The first-order valence-corrected chi connectivity index (χ1v) is 10.8. The van der Waals surface area contributed by atoms with Crippen molar-refractivity contribution in [2.75, 3.05) is 0 Å². The Morgan fingerprint density at radius 2 is 0.903 bits per heavy atom. The Balaban J connectivity index is 1.63. The van der Waals surface area contributed by atoms with Gasteiger partial charge in [0.1, 0.15) is 11.5 Å². The van der Waals surface area contributed by atoms with Crippen LogP contribution in [0.5, 0.6) is 11.5 Å². The van der Waals surface area contributed by atoms with Crippen LogP contribution in [-0.4, -0.2) is 10.2 Å². The minimum absolute atomic E-state index is 0.221. The summed E-state index contributed by atoms with van der Waals surface area (Å²) >= 11 is 0. The van der Waals surface area contributed by atoms with Gasteiger partial charge < -0.3 is 10.2 Å². The Bertz CT molecular complexity index is 1060. The number of aromatic hydroxyl groups is 2. The second-order valence-electron chi connectivity index (χ2n) is 8.22. The van der Waals surface area contributed by atoms with Gasteiger partial charge in [-0.1, -0.05) is 98.8 Å². The molecule has 0 saturated carbocycles. The highest BCUT2D eigenvalue weighted by atomic mass is 16.3. The Hall–Kier alpha value is -3.52. The fourth-order valence-electron chi connectivity index (χ4n) is 4.11. The molecule has 4 aromatic rings. The van der Waals surface area contributed by atoms with Crippen molar-refractivity contribution in [2.24, 2.45) is 0 Å². The zero-order chi connectivity index (χ0) is 21.8. The van der Waals surface area contributed by atoms with Crippen molar-refractivity contribution in [1.29, 1.82) is 0 Å². The van der Waals surface area contributed by atoms with Crippen molar-refractivity contribution < 1.29 is 10.2 Å². The average molecular weight is 409 g/mol. The van der Waals surface area contributed by atoms with Crippen LogP contribution in [-0.2, 0) is 6.42 Å². The molecule has 0 aromatic heterocycles. The molecule has 2 N–H and O–H groups in total. The van der Waals surface area contributed by atoms with Gasteiger partial charge in [-0.25, -0.2) is 0 Å². The minimum atomic E-state index is 0.221. The van der Waals surface area contributed by atoms with Gasteiger partial charge >= 0.3 is 0 Å². The van der Waals surface area contributed by atoms with Crippen molar-refractivity contribution >= 4 is 0 Å². The third-order valence-corrected chi connectivity index (χ3v) is 6.19. The number of rotatable bonds is 6. The van der Waals surface area contributed by atoms with Crippen LogP contribution >= 0.6 is 0 Å². The second kappa shape index (κ2) is 9.09. The highest BCUT2D eigenvalue weighted by Gasteiger charge is 2.15. The van der Waals surface area contributed by atoms with Crippen molar-refractivity contribution in [3.05, 3.63) is 130 Å².